The van der Waals surface area contributed by atoms with Gasteiger partial charge in [-0.1, -0.05) is 6.07 Å². The van der Waals surface area contributed by atoms with Crippen LogP contribution >= 0.6 is 30.3 Å². The fourth-order valence-corrected chi connectivity index (χ4v) is 3.79. The summed E-state index contributed by atoms with van der Waals surface area (Å²) in [4.78, 5) is 19.7. The molecule has 2 rings (SSSR count). The lowest BCUT2D eigenvalue weighted by Gasteiger charge is -2.18. The van der Waals surface area contributed by atoms with Crippen LogP contribution in [0.15, 0.2) is 34.3 Å². The van der Waals surface area contributed by atoms with Gasteiger partial charge < -0.3 is 9.79 Å². The van der Waals surface area contributed by atoms with Gasteiger partial charge in [0, 0.05) is 11.4 Å². The molecule has 2 heterocycles. The maximum atomic E-state index is 11.4. The number of rotatable bonds is 5. The van der Waals surface area contributed by atoms with Crippen molar-refractivity contribution in [2.45, 2.75) is 12.3 Å². The predicted octanol–water partition coefficient (Wildman–Crippen LogP) is 2.78. The van der Waals surface area contributed by atoms with Crippen molar-refractivity contribution < 1.29 is 14.4 Å². The second-order valence-electron chi connectivity index (χ2n) is 3.51. The Labute approximate surface area is 107 Å². The molecule has 2 aromatic heterocycles. The topological polar surface area (TPSA) is 69.6 Å². The van der Waals surface area contributed by atoms with Crippen LogP contribution in [-0.4, -0.2) is 9.79 Å². The van der Waals surface area contributed by atoms with E-state index in [-0.39, 0.29) is 0 Å². The first-order chi connectivity index (χ1) is 8.07. The van der Waals surface area contributed by atoms with Crippen molar-refractivity contribution in [3.63, 3.8) is 0 Å². The summed E-state index contributed by atoms with van der Waals surface area (Å²) < 4.78 is 11.4. The third-order valence-electron chi connectivity index (χ3n) is 2.25. The fraction of sp³-hybridized carbons (Fsp3) is 0.200. The molecular weight excluding hydrogens is 277 g/mol. The molecule has 0 radical (unpaired) electrons. The molecule has 92 valence electrons. The lowest BCUT2D eigenvalue weighted by Crippen LogP contribution is -2.20. The molecule has 0 spiro atoms. The third-order valence-corrected chi connectivity index (χ3v) is 4.98. The van der Waals surface area contributed by atoms with Crippen molar-refractivity contribution >= 4 is 30.3 Å². The summed E-state index contributed by atoms with van der Waals surface area (Å²) in [6, 6.07) is 5.58. The van der Waals surface area contributed by atoms with E-state index in [2.05, 4.69) is 5.32 Å². The zero-order valence-corrected chi connectivity index (χ0v) is 11.3. The Bertz CT molecular complexity index is 492. The summed E-state index contributed by atoms with van der Waals surface area (Å²) in [6.07, 6.45) is 0. The number of nitrogens with one attached hydrogen (secondary N) is 1. The number of hydrogen-bond donors (Lipinski definition) is 3. The predicted molar refractivity (Wildman–Crippen MR) is 70.3 cm³/mol. The van der Waals surface area contributed by atoms with Crippen LogP contribution in [-0.2, 0) is 11.1 Å². The van der Waals surface area contributed by atoms with Crippen molar-refractivity contribution in [3.05, 3.63) is 44.8 Å². The van der Waals surface area contributed by atoms with Crippen LogP contribution in [0.5, 0.6) is 0 Å². The molecule has 0 saturated heterocycles. The van der Waals surface area contributed by atoms with Crippen LogP contribution in [0, 0.1) is 0 Å². The first kappa shape index (κ1) is 13.0. The molecule has 1 atom stereocenters. The molecule has 4 nitrogen and oxygen atoms in total. The smallest absolute Gasteiger partial charge is 0.323 e. The van der Waals surface area contributed by atoms with Gasteiger partial charge in [-0.05, 0) is 33.8 Å². The highest BCUT2D eigenvalue weighted by Gasteiger charge is 2.30. The van der Waals surface area contributed by atoms with E-state index in [1.165, 1.54) is 11.3 Å². The molecule has 0 aromatic carbocycles. The molecule has 0 aliphatic rings. The molecule has 2 aromatic rings. The summed E-state index contributed by atoms with van der Waals surface area (Å²) in [7, 11) is -4.18. The maximum absolute atomic E-state index is 11.4. The molecule has 0 unspecified atom stereocenters. The molecular formula is C10H12NO3PS2. The molecule has 17 heavy (non-hydrogen) atoms. The monoisotopic (exact) mass is 289 g/mol. The summed E-state index contributed by atoms with van der Waals surface area (Å²) in [5.41, 5.74) is 0.639. The molecule has 0 fully saturated rings. The van der Waals surface area contributed by atoms with Crippen molar-refractivity contribution in [2.75, 3.05) is 0 Å². The van der Waals surface area contributed by atoms with Crippen molar-refractivity contribution in [1.29, 1.82) is 0 Å². The minimum Gasteiger partial charge on any atom is -0.323 e. The average Bonchev–Trinajstić information content (AvgIpc) is 2.86. The lowest BCUT2D eigenvalue weighted by atomic mass is 10.3. The highest BCUT2D eigenvalue weighted by atomic mass is 32.1. The van der Waals surface area contributed by atoms with Crippen molar-refractivity contribution in [1.82, 2.24) is 5.32 Å². The second kappa shape index (κ2) is 5.44. The molecule has 0 aliphatic heterocycles. The Morgan fingerprint density at radius 3 is 2.71 bits per heavy atom. The Hall–Kier alpha value is -0.490. The van der Waals surface area contributed by atoms with E-state index in [1.54, 1.807) is 22.8 Å². The zero-order chi connectivity index (χ0) is 12.3. The Morgan fingerprint density at radius 2 is 2.18 bits per heavy atom. The van der Waals surface area contributed by atoms with Gasteiger partial charge in [0.25, 0.3) is 0 Å². The Morgan fingerprint density at radius 1 is 1.35 bits per heavy atom. The molecule has 7 heteroatoms. The van der Waals surface area contributed by atoms with Gasteiger partial charge in [-0.25, -0.2) is 0 Å². The quantitative estimate of drug-likeness (QED) is 0.740. The van der Waals surface area contributed by atoms with Crippen LogP contribution in [0.1, 0.15) is 16.2 Å². The van der Waals surface area contributed by atoms with E-state index in [0.717, 1.165) is 4.88 Å². The Balaban J connectivity index is 2.10. The van der Waals surface area contributed by atoms with Crippen LogP contribution in [0.4, 0.5) is 0 Å². The van der Waals surface area contributed by atoms with Gasteiger partial charge in [-0.2, -0.15) is 11.3 Å². The standard InChI is InChI=1S/C10H12NO3PS2/c12-15(13,14)10(8-3-5-16-7-8)11-6-9-2-1-4-17-9/h1-5,7,10-11H,6H2,(H2,12,13,14)/t10-/m0/s1. The van der Waals surface area contributed by atoms with Gasteiger partial charge in [-0.3, -0.25) is 9.88 Å². The summed E-state index contributed by atoms with van der Waals surface area (Å²) in [5.74, 6) is -0.921. The largest absolute Gasteiger partial charge is 0.346 e. The van der Waals surface area contributed by atoms with E-state index < -0.39 is 13.4 Å². The van der Waals surface area contributed by atoms with Crippen molar-refractivity contribution in [3.8, 4) is 0 Å². The van der Waals surface area contributed by atoms with Gasteiger partial charge in [0.2, 0.25) is 0 Å². The normalized spacial score (nSPS) is 13.8. The average molecular weight is 289 g/mol. The van der Waals surface area contributed by atoms with Gasteiger partial charge in [0.05, 0.1) is 0 Å². The number of thiophene rings is 2. The number of hydrogen-bond acceptors (Lipinski definition) is 4. The van der Waals surface area contributed by atoms with Gasteiger partial charge in [0.1, 0.15) is 5.78 Å². The van der Waals surface area contributed by atoms with Gasteiger partial charge in [0.15, 0.2) is 0 Å². The van der Waals surface area contributed by atoms with E-state index in [4.69, 9.17) is 0 Å². The second-order valence-corrected chi connectivity index (χ2v) is 7.02. The molecule has 0 aliphatic carbocycles. The van der Waals surface area contributed by atoms with E-state index in [9.17, 15) is 14.4 Å². The molecule has 0 saturated carbocycles. The van der Waals surface area contributed by atoms with E-state index in [0.29, 0.717) is 12.1 Å². The maximum Gasteiger partial charge on any atom is 0.346 e. The summed E-state index contributed by atoms with van der Waals surface area (Å²) in [5, 5.41) is 8.42. The van der Waals surface area contributed by atoms with E-state index >= 15 is 0 Å². The highest BCUT2D eigenvalue weighted by Crippen LogP contribution is 2.50. The van der Waals surface area contributed by atoms with Gasteiger partial charge in [-0.15, -0.1) is 11.3 Å². The van der Waals surface area contributed by atoms with Crippen molar-refractivity contribution in [2.24, 2.45) is 0 Å². The first-order valence-electron chi connectivity index (χ1n) is 4.90. The molecule has 0 amide bonds. The van der Waals surface area contributed by atoms with Crippen LogP contribution in [0.3, 0.4) is 0 Å². The van der Waals surface area contributed by atoms with Crippen LogP contribution in [0.25, 0.3) is 0 Å². The minimum atomic E-state index is -4.18. The summed E-state index contributed by atoms with van der Waals surface area (Å²) >= 11 is 2.99. The SMILES string of the molecule is O=P(O)(O)[C@H](NCc1cccs1)c1ccsc1. The fourth-order valence-electron chi connectivity index (χ4n) is 1.47. The highest BCUT2D eigenvalue weighted by molar-refractivity contribution is 7.52. The first-order valence-corrected chi connectivity index (χ1v) is 8.41. The summed E-state index contributed by atoms with van der Waals surface area (Å²) in [6.45, 7) is 0.462. The molecule has 3 N–H and O–H groups in total. The lowest BCUT2D eigenvalue weighted by molar-refractivity contribution is 0.347. The van der Waals surface area contributed by atoms with E-state index in [1.807, 2.05) is 22.9 Å². The van der Waals surface area contributed by atoms with Crippen LogP contribution < -0.4 is 5.32 Å². The van der Waals surface area contributed by atoms with Crippen LogP contribution in [0.2, 0.25) is 0 Å². The minimum absolute atomic E-state index is 0.462. The third kappa shape index (κ3) is 3.48. The van der Waals surface area contributed by atoms with Gasteiger partial charge >= 0.3 is 7.60 Å². The zero-order valence-electron chi connectivity index (χ0n) is 8.81. The Kier molecular flexibility index (Phi) is 4.14. The molecule has 0 bridgehead atoms.